The van der Waals surface area contributed by atoms with E-state index in [1.54, 1.807) is 13.3 Å². The van der Waals surface area contributed by atoms with E-state index >= 15 is 0 Å². The van der Waals surface area contributed by atoms with Gasteiger partial charge in [0.1, 0.15) is 11.5 Å². The number of hydrogen-bond donors (Lipinski definition) is 1. The van der Waals surface area contributed by atoms with Crippen LogP contribution in [0.1, 0.15) is 18.7 Å². The lowest BCUT2D eigenvalue weighted by molar-refractivity contribution is -0.116. The highest BCUT2D eigenvalue weighted by molar-refractivity contribution is 5.90. The van der Waals surface area contributed by atoms with Crippen molar-refractivity contribution in [1.82, 2.24) is 9.88 Å². The van der Waals surface area contributed by atoms with E-state index in [2.05, 4.69) is 15.2 Å². The van der Waals surface area contributed by atoms with Gasteiger partial charge in [0.2, 0.25) is 5.91 Å². The van der Waals surface area contributed by atoms with E-state index in [-0.39, 0.29) is 12.3 Å². The lowest BCUT2D eigenvalue weighted by Gasteiger charge is -2.11. The zero-order valence-electron chi connectivity index (χ0n) is 18.3. The molecule has 31 heavy (non-hydrogen) atoms. The van der Waals surface area contributed by atoms with Gasteiger partial charge in [-0.1, -0.05) is 0 Å². The van der Waals surface area contributed by atoms with Crippen LogP contribution in [0.15, 0.2) is 59.1 Å². The van der Waals surface area contributed by atoms with Crippen molar-refractivity contribution >= 4 is 11.6 Å². The Labute approximate surface area is 183 Å². The van der Waals surface area contributed by atoms with E-state index in [9.17, 15) is 4.79 Å². The monoisotopic (exact) mass is 423 g/mol. The topological polar surface area (TPSA) is 76.8 Å². The van der Waals surface area contributed by atoms with Crippen molar-refractivity contribution in [3.63, 3.8) is 0 Å². The molecule has 0 aliphatic rings. The zero-order chi connectivity index (χ0) is 22.1. The van der Waals surface area contributed by atoms with Crippen molar-refractivity contribution in [3.8, 4) is 22.8 Å². The lowest BCUT2D eigenvalue weighted by Crippen LogP contribution is -2.15. The number of rotatable bonds is 11. The van der Waals surface area contributed by atoms with E-state index in [0.29, 0.717) is 24.7 Å². The molecule has 2 aromatic carbocycles. The smallest absolute Gasteiger partial charge is 0.224 e. The molecule has 0 aliphatic heterocycles. The highest BCUT2D eigenvalue weighted by Gasteiger charge is 2.10. The molecule has 0 saturated heterocycles. The molecule has 3 rings (SSSR count). The molecular formula is C24H29N3O4. The van der Waals surface area contributed by atoms with Gasteiger partial charge in [0, 0.05) is 30.6 Å². The van der Waals surface area contributed by atoms with Crippen LogP contribution in [0.4, 0.5) is 5.69 Å². The highest BCUT2D eigenvalue weighted by Crippen LogP contribution is 2.23. The van der Waals surface area contributed by atoms with Crippen LogP contribution in [0.2, 0.25) is 0 Å². The number of anilines is 1. The Bertz CT molecular complexity index is 950. The molecular weight excluding hydrogens is 394 g/mol. The summed E-state index contributed by atoms with van der Waals surface area (Å²) in [6, 6.07) is 15.0. The minimum Gasteiger partial charge on any atom is -0.497 e. The van der Waals surface area contributed by atoms with E-state index in [4.69, 9.17) is 13.9 Å². The van der Waals surface area contributed by atoms with Gasteiger partial charge in [0.05, 0.1) is 19.9 Å². The molecule has 0 saturated carbocycles. The molecule has 0 bridgehead atoms. The summed E-state index contributed by atoms with van der Waals surface area (Å²) in [6.07, 6.45) is 3.35. The normalized spacial score (nSPS) is 10.8. The Hall–Kier alpha value is -3.32. The summed E-state index contributed by atoms with van der Waals surface area (Å²) in [6.45, 7) is 1.65. The van der Waals surface area contributed by atoms with Crippen molar-refractivity contribution in [2.24, 2.45) is 0 Å². The molecule has 1 N–H and O–H groups in total. The summed E-state index contributed by atoms with van der Waals surface area (Å²) >= 11 is 0. The van der Waals surface area contributed by atoms with E-state index < -0.39 is 0 Å². The quantitative estimate of drug-likeness (QED) is 0.465. The minimum absolute atomic E-state index is 0.0937. The van der Waals surface area contributed by atoms with Crippen LogP contribution in [0.5, 0.6) is 11.5 Å². The predicted molar refractivity (Wildman–Crippen MR) is 121 cm³/mol. The maximum Gasteiger partial charge on any atom is 0.224 e. The first-order chi connectivity index (χ1) is 15.0. The Morgan fingerprint density at radius 1 is 1.06 bits per heavy atom. The first kappa shape index (κ1) is 22.4. The number of carbonyl (C=O) groups is 1. The van der Waals surface area contributed by atoms with E-state index in [1.807, 2.05) is 62.6 Å². The summed E-state index contributed by atoms with van der Waals surface area (Å²) in [5, 5.41) is 2.89. The molecule has 0 radical (unpaired) electrons. The summed E-state index contributed by atoms with van der Waals surface area (Å²) < 4.78 is 16.6. The number of hydrogen-bond acceptors (Lipinski definition) is 6. The molecule has 164 valence electrons. The molecule has 0 unspecified atom stereocenters. The molecule has 7 heteroatoms. The largest absolute Gasteiger partial charge is 0.497 e. The number of carbonyl (C=O) groups excluding carboxylic acids is 1. The highest BCUT2D eigenvalue weighted by atomic mass is 16.5. The molecule has 0 spiro atoms. The third kappa shape index (κ3) is 7.15. The van der Waals surface area contributed by atoms with Crippen molar-refractivity contribution in [2.45, 2.75) is 19.3 Å². The van der Waals surface area contributed by atoms with Crippen LogP contribution in [0.25, 0.3) is 11.3 Å². The van der Waals surface area contributed by atoms with Gasteiger partial charge in [-0.3, -0.25) is 4.79 Å². The van der Waals surface area contributed by atoms with Crippen molar-refractivity contribution in [2.75, 3.05) is 39.7 Å². The SMILES string of the molecule is COc1ccc(-c2cnc(CCC(=O)Nc3ccc(OCCCN(C)C)cc3)o2)cc1. The fourth-order valence-electron chi connectivity index (χ4n) is 2.96. The maximum atomic E-state index is 12.3. The molecule has 0 aliphatic carbocycles. The van der Waals surface area contributed by atoms with Crippen molar-refractivity contribution in [1.29, 1.82) is 0 Å². The Kier molecular flexibility index (Phi) is 8.06. The first-order valence-corrected chi connectivity index (χ1v) is 10.3. The lowest BCUT2D eigenvalue weighted by atomic mass is 10.2. The molecule has 0 fully saturated rings. The zero-order valence-corrected chi connectivity index (χ0v) is 18.3. The summed E-state index contributed by atoms with van der Waals surface area (Å²) in [4.78, 5) is 18.7. The fraction of sp³-hybridized carbons (Fsp3) is 0.333. The van der Waals surface area contributed by atoms with E-state index in [0.717, 1.165) is 35.7 Å². The van der Waals surface area contributed by atoms with Crippen LogP contribution in [-0.4, -0.2) is 50.1 Å². The summed E-state index contributed by atoms with van der Waals surface area (Å²) in [5.74, 6) is 2.68. The second-order valence-electron chi connectivity index (χ2n) is 7.42. The van der Waals surface area contributed by atoms with Gasteiger partial charge in [-0.2, -0.15) is 0 Å². The number of nitrogens with zero attached hydrogens (tertiary/aromatic N) is 2. The van der Waals surface area contributed by atoms with Gasteiger partial charge in [-0.25, -0.2) is 4.98 Å². The van der Waals surface area contributed by atoms with Gasteiger partial charge in [0.15, 0.2) is 11.7 Å². The first-order valence-electron chi connectivity index (χ1n) is 10.3. The van der Waals surface area contributed by atoms with Gasteiger partial charge in [0.25, 0.3) is 0 Å². The van der Waals surface area contributed by atoms with Crippen molar-refractivity contribution < 1.29 is 18.7 Å². The van der Waals surface area contributed by atoms with Crippen LogP contribution >= 0.6 is 0 Å². The Balaban J connectivity index is 1.43. The summed E-state index contributed by atoms with van der Waals surface area (Å²) in [5.41, 5.74) is 1.64. The second-order valence-corrected chi connectivity index (χ2v) is 7.42. The fourth-order valence-corrected chi connectivity index (χ4v) is 2.96. The standard InChI is InChI=1S/C24H29N3O4/c1-27(2)15-4-16-30-21-11-7-19(8-12-21)26-23(28)13-14-24-25-17-22(31-24)18-5-9-20(29-3)10-6-18/h5-12,17H,4,13-16H2,1-3H3,(H,26,28). The number of aryl methyl sites for hydroxylation is 1. The third-order valence-electron chi connectivity index (χ3n) is 4.65. The molecule has 1 heterocycles. The van der Waals surface area contributed by atoms with Crippen molar-refractivity contribution in [3.05, 3.63) is 60.6 Å². The second kappa shape index (κ2) is 11.2. The van der Waals surface area contributed by atoms with Crippen LogP contribution in [-0.2, 0) is 11.2 Å². The molecule has 0 atom stereocenters. The average Bonchev–Trinajstić information content (AvgIpc) is 3.25. The van der Waals surface area contributed by atoms with Gasteiger partial charge in [-0.05, 0) is 69.0 Å². The minimum atomic E-state index is -0.0937. The number of benzene rings is 2. The number of aromatic nitrogens is 1. The Morgan fingerprint density at radius 2 is 1.77 bits per heavy atom. The Morgan fingerprint density at radius 3 is 2.45 bits per heavy atom. The maximum absolute atomic E-state index is 12.3. The molecule has 1 aromatic heterocycles. The summed E-state index contributed by atoms with van der Waals surface area (Å²) in [7, 11) is 5.71. The number of oxazole rings is 1. The predicted octanol–water partition coefficient (Wildman–Crippen LogP) is 4.25. The number of ether oxygens (including phenoxy) is 2. The third-order valence-corrected chi connectivity index (χ3v) is 4.65. The molecule has 3 aromatic rings. The van der Waals surface area contributed by atoms with Gasteiger partial charge < -0.3 is 24.1 Å². The molecule has 7 nitrogen and oxygen atoms in total. The van der Waals surface area contributed by atoms with Crippen LogP contribution in [0, 0.1) is 0 Å². The van der Waals surface area contributed by atoms with Crippen LogP contribution < -0.4 is 14.8 Å². The van der Waals surface area contributed by atoms with Crippen LogP contribution in [0.3, 0.4) is 0 Å². The number of nitrogens with one attached hydrogen (secondary N) is 1. The van der Waals surface area contributed by atoms with E-state index in [1.165, 1.54) is 0 Å². The number of methoxy groups -OCH3 is 1. The van der Waals surface area contributed by atoms with Gasteiger partial charge >= 0.3 is 0 Å². The van der Waals surface area contributed by atoms with Gasteiger partial charge in [-0.15, -0.1) is 0 Å². The average molecular weight is 424 g/mol. The molecule has 1 amide bonds. The number of amides is 1.